The maximum absolute atomic E-state index is 12.3. The summed E-state index contributed by atoms with van der Waals surface area (Å²) in [7, 11) is 0. The molecule has 2 amide bonds. The Kier molecular flexibility index (Phi) is 7.01. The van der Waals surface area contributed by atoms with Crippen molar-refractivity contribution in [2.24, 2.45) is 0 Å². The van der Waals surface area contributed by atoms with E-state index >= 15 is 0 Å². The van der Waals surface area contributed by atoms with Crippen molar-refractivity contribution in [2.45, 2.75) is 20.4 Å². The Morgan fingerprint density at radius 2 is 1.63 bits per heavy atom. The summed E-state index contributed by atoms with van der Waals surface area (Å²) in [4.78, 5) is 35.0. The normalized spacial score (nSPS) is 11.5. The predicted molar refractivity (Wildman–Crippen MR) is 103 cm³/mol. The summed E-state index contributed by atoms with van der Waals surface area (Å²) in [5.74, 6) is -0.346. The second-order valence-corrected chi connectivity index (χ2v) is 6.15. The molecule has 0 aliphatic rings. The first kappa shape index (κ1) is 20.1. The maximum atomic E-state index is 12.3. The van der Waals surface area contributed by atoms with E-state index in [2.05, 4.69) is 10.6 Å². The lowest BCUT2D eigenvalue weighted by Gasteiger charge is -2.17. The smallest absolute Gasteiger partial charge is 0.279 e. The summed E-state index contributed by atoms with van der Waals surface area (Å²) in [6.45, 7) is 4.59. The molecule has 2 aromatic carbocycles. The molecule has 0 aliphatic heterocycles. The first-order chi connectivity index (χ1) is 12.9. The lowest BCUT2D eigenvalue weighted by molar-refractivity contribution is -0.904. The molecule has 3 N–H and O–H groups in total. The fraction of sp³-hybridized carbons (Fsp3) is 0.263. The lowest BCUT2D eigenvalue weighted by Crippen LogP contribution is -3.11. The Morgan fingerprint density at radius 1 is 1.04 bits per heavy atom. The van der Waals surface area contributed by atoms with Crippen molar-refractivity contribution < 1.29 is 19.4 Å². The Bertz CT molecular complexity index is 821. The third kappa shape index (κ3) is 6.19. The highest BCUT2D eigenvalue weighted by atomic mass is 16.6. The van der Waals surface area contributed by atoms with Crippen molar-refractivity contribution in [1.82, 2.24) is 0 Å². The SMILES string of the molecule is CC[NH+](CC(=O)Nc1ccc(NC(C)=O)cc1)Cc1ccccc1[N+](=O)[O-]. The largest absolute Gasteiger partial charge is 0.326 e. The molecule has 1 unspecified atom stereocenters. The number of nitrogens with zero attached hydrogens (tertiary/aromatic N) is 1. The molecule has 2 rings (SSSR count). The van der Waals surface area contributed by atoms with Crippen LogP contribution in [0, 0.1) is 10.1 Å². The highest BCUT2D eigenvalue weighted by Gasteiger charge is 2.19. The molecule has 2 aromatic rings. The van der Waals surface area contributed by atoms with Crippen LogP contribution in [0.3, 0.4) is 0 Å². The van der Waals surface area contributed by atoms with Crippen molar-refractivity contribution >= 4 is 28.9 Å². The molecule has 27 heavy (non-hydrogen) atoms. The van der Waals surface area contributed by atoms with Crippen molar-refractivity contribution in [2.75, 3.05) is 23.7 Å². The number of carbonyl (C=O) groups excluding carboxylic acids is 2. The highest BCUT2D eigenvalue weighted by molar-refractivity contribution is 5.92. The van der Waals surface area contributed by atoms with Gasteiger partial charge in [0.15, 0.2) is 6.54 Å². The number of anilines is 2. The van der Waals surface area contributed by atoms with Gasteiger partial charge in [-0.1, -0.05) is 12.1 Å². The number of likely N-dealkylation sites (N-methyl/N-ethyl adjacent to an activating group) is 1. The second-order valence-electron chi connectivity index (χ2n) is 6.15. The molecule has 0 bridgehead atoms. The van der Waals surface area contributed by atoms with Crippen molar-refractivity contribution in [1.29, 1.82) is 0 Å². The molecular formula is C19H23N4O4+. The monoisotopic (exact) mass is 371 g/mol. The molecule has 0 fully saturated rings. The van der Waals surface area contributed by atoms with Gasteiger partial charge < -0.3 is 15.5 Å². The van der Waals surface area contributed by atoms with Crippen LogP contribution in [0.2, 0.25) is 0 Å². The van der Waals surface area contributed by atoms with E-state index in [0.717, 1.165) is 4.90 Å². The summed E-state index contributed by atoms with van der Waals surface area (Å²) in [6.07, 6.45) is 0. The van der Waals surface area contributed by atoms with Gasteiger partial charge in [0.2, 0.25) is 5.91 Å². The average molecular weight is 371 g/mol. The average Bonchev–Trinajstić information content (AvgIpc) is 2.62. The van der Waals surface area contributed by atoms with Crippen molar-refractivity contribution in [3.63, 3.8) is 0 Å². The van der Waals surface area contributed by atoms with Crippen LogP contribution in [0.15, 0.2) is 48.5 Å². The first-order valence-electron chi connectivity index (χ1n) is 8.62. The van der Waals surface area contributed by atoms with E-state index < -0.39 is 4.92 Å². The molecule has 8 nitrogen and oxygen atoms in total. The maximum Gasteiger partial charge on any atom is 0.279 e. The number of quaternary nitrogens is 1. The number of hydrogen-bond acceptors (Lipinski definition) is 4. The van der Waals surface area contributed by atoms with E-state index in [0.29, 0.717) is 30.0 Å². The fourth-order valence-corrected chi connectivity index (χ4v) is 2.69. The van der Waals surface area contributed by atoms with Crippen LogP contribution in [0.5, 0.6) is 0 Å². The number of nitrogens with one attached hydrogen (secondary N) is 3. The summed E-state index contributed by atoms with van der Waals surface area (Å²) in [5.41, 5.74) is 1.94. The van der Waals surface area contributed by atoms with E-state index in [-0.39, 0.29) is 24.0 Å². The summed E-state index contributed by atoms with van der Waals surface area (Å²) in [5, 5.41) is 16.6. The molecule has 0 saturated heterocycles. The predicted octanol–water partition coefficient (Wildman–Crippen LogP) is 1.60. The third-order valence-corrected chi connectivity index (χ3v) is 4.03. The van der Waals surface area contributed by atoms with E-state index in [1.807, 2.05) is 6.92 Å². The minimum absolute atomic E-state index is 0.0671. The molecule has 0 radical (unpaired) electrons. The van der Waals surface area contributed by atoms with Crippen LogP contribution in [0.25, 0.3) is 0 Å². The number of amides is 2. The van der Waals surface area contributed by atoms with Crippen LogP contribution < -0.4 is 15.5 Å². The molecule has 8 heteroatoms. The van der Waals surface area contributed by atoms with Gasteiger partial charge in [0.25, 0.3) is 11.6 Å². The molecule has 0 aliphatic carbocycles. The fourth-order valence-electron chi connectivity index (χ4n) is 2.69. The first-order valence-corrected chi connectivity index (χ1v) is 8.62. The van der Waals surface area contributed by atoms with Gasteiger partial charge in [-0.3, -0.25) is 19.7 Å². The number of nitro benzene ring substituents is 1. The van der Waals surface area contributed by atoms with E-state index in [9.17, 15) is 19.7 Å². The van der Waals surface area contributed by atoms with Crippen LogP contribution in [-0.4, -0.2) is 29.8 Å². The third-order valence-electron chi connectivity index (χ3n) is 4.03. The standard InChI is InChI=1S/C19H22N4O4/c1-3-22(12-15-6-4-5-7-18(15)23(26)27)13-19(25)21-17-10-8-16(9-11-17)20-14(2)24/h4-11H,3,12-13H2,1-2H3,(H,20,24)(H,21,25)/p+1. The van der Waals surface area contributed by atoms with Gasteiger partial charge in [-0.15, -0.1) is 0 Å². The molecule has 0 heterocycles. The van der Waals surface area contributed by atoms with E-state index in [1.54, 1.807) is 42.5 Å². The Balaban J connectivity index is 1.97. The van der Waals surface area contributed by atoms with Crippen molar-refractivity contribution in [3.05, 3.63) is 64.2 Å². The molecule has 142 valence electrons. The zero-order chi connectivity index (χ0) is 19.8. The zero-order valence-corrected chi connectivity index (χ0v) is 15.3. The van der Waals surface area contributed by atoms with Gasteiger partial charge in [-0.25, -0.2) is 0 Å². The highest BCUT2D eigenvalue weighted by Crippen LogP contribution is 2.16. The van der Waals surface area contributed by atoms with Gasteiger partial charge in [-0.2, -0.15) is 0 Å². The molecule has 1 atom stereocenters. The Hall–Kier alpha value is -3.26. The molecule has 0 spiro atoms. The van der Waals surface area contributed by atoms with Crippen LogP contribution >= 0.6 is 0 Å². The summed E-state index contributed by atoms with van der Waals surface area (Å²) < 4.78 is 0. The minimum atomic E-state index is -0.403. The van der Waals surface area contributed by atoms with Gasteiger partial charge in [-0.05, 0) is 37.3 Å². The topological polar surface area (TPSA) is 106 Å². The molecule has 0 saturated carbocycles. The van der Waals surface area contributed by atoms with Gasteiger partial charge in [0.05, 0.1) is 17.0 Å². The van der Waals surface area contributed by atoms with Crippen molar-refractivity contribution in [3.8, 4) is 0 Å². The molecular weight excluding hydrogens is 348 g/mol. The van der Waals surface area contributed by atoms with Gasteiger partial charge in [0, 0.05) is 24.4 Å². The van der Waals surface area contributed by atoms with Gasteiger partial charge in [0.1, 0.15) is 6.54 Å². The quantitative estimate of drug-likeness (QED) is 0.484. The number of hydrogen-bond donors (Lipinski definition) is 3. The number of rotatable bonds is 8. The molecule has 0 aromatic heterocycles. The summed E-state index contributed by atoms with van der Waals surface area (Å²) in [6, 6.07) is 13.4. The van der Waals surface area contributed by atoms with Gasteiger partial charge >= 0.3 is 0 Å². The number of nitro groups is 1. The summed E-state index contributed by atoms with van der Waals surface area (Å²) >= 11 is 0. The van der Waals surface area contributed by atoms with Crippen LogP contribution in [0.1, 0.15) is 19.4 Å². The van der Waals surface area contributed by atoms with Crippen LogP contribution in [0.4, 0.5) is 17.1 Å². The minimum Gasteiger partial charge on any atom is -0.326 e. The lowest BCUT2D eigenvalue weighted by atomic mass is 10.1. The van der Waals surface area contributed by atoms with Crippen LogP contribution in [-0.2, 0) is 16.1 Å². The zero-order valence-electron chi connectivity index (χ0n) is 15.3. The second kappa shape index (κ2) is 9.44. The number of para-hydroxylation sites is 1. The Labute approximate surface area is 157 Å². The Morgan fingerprint density at radius 3 is 2.19 bits per heavy atom. The van der Waals surface area contributed by atoms with E-state index in [4.69, 9.17) is 0 Å². The number of benzene rings is 2. The number of carbonyl (C=O) groups is 2. The van der Waals surface area contributed by atoms with E-state index in [1.165, 1.54) is 13.0 Å².